The topological polar surface area (TPSA) is 79.1 Å². The van der Waals surface area contributed by atoms with E-state index in [4.69, 9.17) is 14.2 Å². The quantitative estimate of drug-likeness (QED) is 0.357. The summed E-state index contributed by atoms with van der Waals surface area (Å²) in [6.07, 6.45) is 3.86. The SMILES string of the molecule is CCOC(=O)C1=C(C)N=c2sc(=Cc3ccc(SC)cc3)c(=O)n2[C@@H]1c1ccc(OC)cc1OC. The highest BCUT2D eigenvalue weighted by molar-refractivity contribution is 7.98. The molecule has 1 aromatic heterocycles. The van der Waals surface area contributed by atoms with Gasteiger partial charge in [0.15, 0.2) is 4.80 Å². The maximum absolute atomic E-state index is 13.7. The van der Waals surface area contributed by atoms with E-state index in [9.17, 15) is 9.59 Å². The molecule has 0 unspecified atom stereocenters. The van der Waals surface area contributed by atoms with Crippen LogP contribution in [-0.2, 0) is 9.53 Å². The van der Waals surface area contributed by atoms with E-state index < -0.39 is 12.0 Å². The molecule has 0 aliphatic carbocycles. The highest BCUT2D eigenvalue weighted by Gasteiger charge is 2.35. The number of ether oxygens (including phenoxy) is 3. The van der Waals surface area contributed by atoms with E-state index in [2.05, 4.69) is 4.99 Å². The van der Waals surface area contributed by atoms with E-state index in [1.54, 1.807) is 62.6 Å². The largest absolute Gasteiger partial charge is 0.497 e. The van der Waals surface area contributed by atoms with Crippen molar-refractivity contribution in [3.63, 3.8) is 0 Å². The number of thioether (sulfide) groups is 1. The summed E-state index contributed by atoms with van der Waals surface area (Å²) < 4.78 is 18.4. The molecule has 2 heterocycles. The van der Waals surface area contributed by atoms with E-state index in [-0.39, 0.29) is 12.2 Å². The molecule has 0 saturated heterocycles. The molecule has 1 aliphatic heterocycles. The zero-order chi connectivity index (χ0) is 25.1. The van der Waals surface area contributed by atoms with Crippen LogP contribution in [0.3, 0.4) is 0 Å². The lowest BCUT2D eigenvalue weighted by atomic mass is 9.95. The number of hydrogen-bond acceptors (Lipinski definition) is 8. The summed E-state index contributed by atoms with van der Waals surface area (Å²) in [5.41, 5.74) is 2.12. The molecule has 0 fully saturated rings. The second kappa shape index (κ2) is 10.5. The van der Waals surface area contributed by atoms with Crippen LogP contribution >= 0.6 is 23.1 Å². The highest BCUT2D eigenvalue weighted by atomic mass is 32.2. The second-order valence-electron chi connectivity index (χ2n) is 7.68. The summed E-state index contributed by atoms with van der Waals surface area (Å²) in [6.45, 7) is 3.71. The third-order valence-electron chi connectivity index (χ3n) is 5.67. The molecule has 4 rings (SSSR count). The van der Waals surface area contributed by atoms with Gasteiger partial charge in [-0.2, -0.15) is 0 Å². The molecule has 9 heteroatoms. The molecule has 2 aromatic carbocycles. The van der Waals surface area contributed by atoms with Gasteiger partial charge in [0.2, 0.25) is 0 Å². The molecular weight excluding hydrogens is 484 g/mol. The molecule has 0 radical (unpaired) electrons. The minimum absolute atomic E-state index is 0.207. The van der Waals surface area contributed by atoms with Gasteiger partial charge in [0.25, 0.3) is 5.56 Å². The smallest absolute Gasteiger partial charge is 0.338 e. The number of carbonyl (C=O) groups excluding carboxylic acids is 1. The summed E-state index contributed by atoms with van der Waals surface area (Å²) >= 11 is 2.95. The average molecular weight is 511 g/mol. The molecule has 1 aliphatic rings. The van der Waals surface area contributed by atoms with Crippen LogP contribution in [0.4, 0.5) is 0 Å². The van der Waals surface area contributed by atoms with Gasteiger partial charge in [-0.05, 0) is 56.0 Å². The van der Waals surface area contributed by atoms with Gasteiger partial charge in [-0.15, -0.1) is 11.8 Å². The van der Waals surface area contributed by atoms with Crippen molar-refractivity contribution < 1.29 is 19.0 Å². The number of carbonyl (C=O) groups is 1. The lowest BCUT2D eigenvalue weighted by Crippen LogP contribution is -2.40. The van der Waals surface area contributed by atoms with Crippen LogP contribution in [0.5, 0.6) is 11.5 Å². The van der Waals surface area contributed by atoms with Crippen LogP contribution in [0.25, 0.3) is 6.08 Å². The number of allylic oxidation sites excluding steroid dienone is 1. The zero-order valence-corrected chi connectivity index (χ0v) is 21.8. The van der Waals surface area contributed by atoms with E-state index in [1.807, 2.05) is 36.6 Å². The van der Waals surface area contributed by atoms with Gasteiger partial charge < -0.3 is 14.2 Å². The Morgan fingerprint density at radius 2 is 1.91 bits per heavy atom. The van der Waals surface area contributed by atoms with Crippen LogP contribution in [0.1, 0.15) is 31.0 Å². The zero-order valence-electron chi connectivity index (χ0n) is 20.2. The summed E-state index contributed by atoms with van der Waals surface area (Å²) in [6, 6.07) is 12.5. The summed E-state index contributed by atoms with van der Waals surface area (Å²) in [5, 5.41) is 0. The van der Waals surface area contributed by atoms with Gasteiger partial charge in [-0.25, -0.2) is 9.79 Å². The van der Waals surface area contributed by atoms with Crippen molar-refractivity contribution in [1.82, 2.24) is 4.57 Å². The van der Waals surface area contributed by atoms with Gasteiger partial charge >= 0.3 is 5.97 Å². The average Bonchev–Trinajstić information content (AvgIpc) is 3.17. The van der Waals surface area contributed by atoms with Crippen molar-refractivity contribution in [2.45, 2.75) is 24.8 Å². The number of benzene rings is 2. The van der Waals surface area contributed by atoms with Crippen LogP contribution in [0.2, 0.25) is 0 Å². The first-order chi connectivity index (χ1) is 16.9. The number of fused-ring (bicyclic) bond motifs is 1. The maximum atomic E-state index is 13.7. The van der Waals surface area contributed by atoms with E-state index in [1.165, 1.54) is 11.3 Å². The van der Waals surface area contributed by atoms with Crippen LogP contribution in [-0.4, -0.2) is 37.6 Å². The molecule has 0 saturated carbocycles. The minimum Gasteiger partial charge on any atom is -0.497 e. The lowest BCUT2D eigenvalue weighted by Gasteiger charge is -2.26. The van der Waals surface area contributed by atoms with Crippen molar-refractivity contribution in [2.24, 2.45) is 4.99 Å². The standard InChI is InChI=1S/C26H26N2O5S2/c1-6-33-25(30)22-15(2)27-26-28(23(22)19-12-9-17(31-3)14-20(19)32-4)24(29)21(35-26)13-16-7-10-18(34-5)11-8-16/h7-14,23H,6H2,1-5H3/t23-/m1/s1. The Balaban J connectivity index is 1.96. The summed E-state index contributed by atoms with van der Waals surface area (Å²) in [5.74, 6) is 0.580. The molecule has 0 bridgehead atoms. The first-order valence-corrected chi connectivity index (χ1v) is 13.0. The minimum atomic E-state index is -0.757. The normalized spacial score (nSPS) is 15.5. The Labute approximate surface area is 211 Å². The lowest BCUT2D eigenvalue weighted by molar-refractivity contribution is -0.139. The summed E-state index contributed by atoms with van der Waals surface area (Å²) in [4.78, 5) is 33.1. The van der Waals surface area contributed by atoms with Crippen molar-refractivity contribution in [2.75, 3.05) is 27.1 Å². The Hall–Kier alpha value is -3.30. The molecule has 7 nitrogen and oxygen atoms in total. The third-order valence-corrected chi connectivity index (χ3v) is 7.39. The van der Waals surface area contributed by atoms with Gasteiger partial charge in [0, 0.05) is 16.5 Å². The van der Waals surface area contributed by atoms with Crippen molar-refractivity contribution in [3.05, 3.63) is 84.5 Å². The third kappa shape index (κ3) is 4.78. The van der Waals surface area contributed by atoms with E-state index in [0.717, 1.165) is 10.5 Å². The predicted molar refractivity (Wildman–Crippen MR) is 138 cm³/mol. The van der Waals surface area contributed by atoms with Gasteiger partial charge in [-0.1, -0.05) is 23.5 Å². The van der Waals surface area contributed by atoms with Gasteiger partial charge in [0.1, 0.15) is 17.5 Å². The number of methoxy groups -OCH3 is 2. The monoisotopic (exact) mass is 510 g/mol. The van der Waals surface area contributed by atoms with Gasteiger partial charge in [-0.3, -0.25) is 9.36 Å². The van der Waals surface area contributed by atoms with Crippen LogP contribution < -0.4 is 24.4 Å². The fourth-order valence-electron chi connectivity index (χ4n) is 3.98. The Kier molecular flexibility index (Phi) is 7.47. The fourth-order valence-corrected chi connectivity index (χ4v) is 5.44. The molecule has 0 spiro atoms. The first kappa shape index (κ1) is 24.8. The molecule has 35 heavy (non-hydrogen) atoms. The molecule has 0 N–H and O–H groups in total. The molecule has 1 atom stereocenters. The van der Waals surface area contributed by atoms with Crippen LogP contribution in [0.15, 0.2) is 68.4 Å². The number of nitrogens with zero attached hydrogens (tertiary/aromatic N) is 2. The maximum Gasteiger partial charge on any atom is 0.338 e. The summed E-state index contributed by atoms with van der Waals surface area (Å²) in [7, 11) is 3.11. The van der Waals surface area contributed by atoms with Crippen LogP contribution in [0, 0.1) is 0 Å². The number of hydrogen-bond donors (Lipinski definition) is 0. The number of thiazole rings is 1. The van der Waals surface area contributed by atoms with Crippen molar-refractivity contribution in [1.29, 1.82) is 0 Å². The fraction of sp³-hybridized carbons (Fsp3) is 0.269. The van der Waals surface area contributed by atoms with Gasteiger partial charge in [0.05, 0.1) is 36.6 Å². The predicted octanol–water partition coefficient (Wildman–Crippen LogP) is 3.54. The number of esters is 1. The Morgan fingerprint density at radius 3 is 2.54 bits per heavy atom. The van der Waals surface area contributed by atoms with E-state index >= 15 is 0 Å². The molecular formula is C26H26N2O5S2. The number of rotatable bonds is 7. The molecule has 3 aromatic rings. The molecule has 0 amide bonds. The Morgan fingerprint density at radius 1 is 1.17 bits per heavy atom. The Bertz CT molecular complexity index is 1470. The van der Waals surface area contributed by atoms with E-state index in [0.29, 0.717) is 37.7 Å². The second-order valence-corrected chi connectivity index (χ2v) is 9.57. The first-order valence-electron chi connectivity index (χ1n) is 11.0. The highest BCUT2D eigenvalue weighted by Crippen LogP contribution is 2.37. The number of aromatic nitrogens is 1. The molecule has 182 valence electrons. The van der Waals surface area contributed by atoms with Crippen molar-refractivity contribution in [3.8, 4) is 11.5 Å². The van der Waals surface area contributed by atoms with Crippen molar-refractivity contribution >= 4 is 35.1 Å².